The van der Waals surface area contributed by atoms with Crippen molar-refractivity contribution in [1.82, 2.24) is 9.97 Å². The number of aromatic nitrogens is 2. The predicted molar refractivity (Wildman–Crippen MR) is 141 cm³/mol. The summed E-state index contributed by atoms with van der Waals surface area (Å²) in [5.74, 6) is -6.89. The molecule has 3 aromatic rings. The monoisotopic (exact) mass is 550 g/mol. The molecule has 9 heteroatoms. The number of ether oxygens (including phenoxy) is 2. The molecule has 0 radical (unpaired) electrons. The van der Waals surface area contributed by atoms with E-state index in [1.165, 1.54) is 24.6 Å². The average molecular weight is 551 g/mol. The minimum Gasteiger partial charge on any atom is -0.490 e. The van der Waals surface area contributed by atoms with Gasteiger partial charge in [-0.3, -0.25) is 0 Å². The lowest BCUT2D eigenvalue weighted by Crippen LogP contribution is -2.04. The van der Waals surface area contributed by atoms with E-state index in [2.05, 4.69) is 23.8 Å². The second-order valence-electron chi connectivity index (χ2n) is 9.40. The fraction of sp³-hybridized carbons (Fsp3) is 0.467. The van der Waals surface area contributed by atoms with Gasteiger partial charge in [0.1, 0.15) is 5.69 Å². The molecule has 0 aliphatic carbocycles. The van der Waals surface area contributed by atoms with E-state index in [0.717, 1.165) is 57.2 Å². The van der Waals surface area contributed by atoms with Crippen LogP contribution in [0.25, 0.3) is 22.5 Å². The van der Waals surface area contributed by atoms with Gasteiger partial charge in [-0.25, -0.2) is 18.7 Å². The molecule has 4 nitrogen and oxygen atoms in total. The smallest absolute Gasteiger partial charge is 0.240 e. The molecule has 0 amide bonds. The van der Waals surface area contributed by atoms with E-state index in [0.29, 0.717) is 12.8 Å². The molecule has 39 heavy (non-hydrogen) atoms. The minimum absolute atomic E-state index is 0.226. The van der Waals surface area contributed by atoms with Crippen LogP contribution in [-0.4, -0.2) is 23.2 Å². The lowest BCUT2D eigenvalue weighted by atomic mass is 10.1. The molecule has 0 saturated carbocycles. The van der Waals surface area contributed by atoms with Gasteiger partial charge >= 0.3 is 0 Å². The van der Waals surface area contributed by atoms with Gasteiger partial charge in [0.05, 0.1) is 25.1 Å². The zero-order valence-corrected chi connectivity index (χ0v) is 22.5. The molecule has 0 aliphatic heterocycles. The fourth-order valence-electron chi connectivity index (χ4n) is 4.12. The lowest BCUT2D eigenvalue weighted by Gasteiger charge is -2.12. The Morgan fingerprint density at radius 3 is 1.64 bits per heavy atom. The van der Waals surface area contributed by atoms with Crippen molar-refractivity contribution in [2.24, 2.45) is 0 Å². The van der Waals surface area contributed by atoms with Crippen LogP contribution >= 0.6 is 0 Å². The number of hydrogen-bond donors (Lipinski definition) is 0. The van der Waals surface area contributed by atoms with Crippen LogP contribution in [0.1, 0.15) is 78.1 Å². The van der Waals surface area contributed by atoms with Gasteiger partial charge in [0.25, 0.3) is 0 Å². The van der Waals surface area contributed by atoms with Crippen molar-refractivity contribution in [3.8, 4) is 34.0 Å². The molecular formula is C30H35F5N2O2. The van der Waals surface area contributed by atoms with E-state index in [9.17, 15) is 22.0 Å². The van der Waals surface area contributed by atoms with Crippen molar-refractivity contribution in [2.75, 3.05) is 13.2 Å². The number of unbranched alkanes of at least 4 members (excludes halogenated alkanes) is 8. The number of hydrogen-bond acceptors (Lipinski definition) is 4. The van der Waals surface area contributed by atoms with Gasteiger partial charge in [-0.05, 0) is 37.1 Å². The molecule has 212 valence electrons. The SMILES string of the molecule is CCCCCCCCOc1ccc(-c2cnc(-c3ccc(OCCCCCC)c(F)c3F)c(F)n2)c(F)c1F. The van der Waals surface area contributed by atoms with Gasteiger partial charge in [-0.15, -0.1) is 0 Å². The molecule has 0 saturated heterocycles. The van der Waals surface area contributed by atoms with Gasteiger partial charge in [0, 0.05) is 11.1 Å². The summed E-state index contributed by atoms with van der Waals surface area (Å²) in [6.45, 7) is 4.66. The van der Waals surface area contributed by atoms with Crippen LogP contribution in [0.5, 0.6) is 11.5 Å². The Morgan fingerprint density at radius 1 is 0.590 bits per heavy atom. The van der Waals surface area contributed by atoms with Crippen molar-refractivity contribution >= 4 is 0 Å². The van der Waals surface area contributed by atoms with E-state index in [1.54, 1.807) is 0 Å². The highest BCUT2D eigenvalue weighted by molar-refractivity contribution is 5.65. The molecule has 0 N–H and O–H groups in total. The predicted octanol–water partition coefficient (Wildman–Crippen LogP) is 9.20. The third kappa shape index (κ3) is 8.13. The summed E-state index contributed by atoms with van der Waals surface area (Å²) < 4.78 is 84.2. The highest BCUT2D eigenvalue weighted by Gasteiger charge is 2.22. The molecule has 1 heterocycles. The Balaban J connectivity index is 1.70. The van der Waals surface area contributed by atoms with E-state index < -0.39 is 40.5 Å². The summed E-state index contributed by atoms with van der Waals surface area (Å²) in [6, 6.07) is 4.80. The Bertz CT molecular complexity index is 1220. The van der Waals surface area contributed by atoms with Crippen LogP contribution in [0.4, 0.5) is 22.0 Å². The molecule has 0 bridgehead atoms. The molecule has 3 rings (SSSR count). The first-order chi connectivity index (χ1) is 18.9. The third-order valence-corrected chi connectivity index (χ3v) is 6.37. The van der Waals surface area contributed by atoms with Gasteiger partial charge in [0.2, 0.25) is 17.6 Å². The molecular weight excluding hydrogens is 515 g/mol. The highest BCUT2D eigenvalue weighted by Crippen LogP contribution is 2.33. The Labute approximate surface area is 226 Å². The van der Waals surface area contributed by atoms with Crippen molar-refractivity contribution in [2.45, 2.75) is 78.1 Å². The van der Waals surface area contributed by atoms with Crippen LogP contribution in [0, 0.1) is 29.2 Å². The van der Waals surface area contributed by atoms with E-state index in [1.807, 2.05) is 0 Å². The summed E-state index contributed by atoms with van der Waals surface area (Å²) in [7, 11) is 0. The lowest BCUT2D eigenvalue weighted by molar-refractivity contribution is 0.285. The first kappa shape index (κ1) is 30.3. The summed E-state index contributed by atoms with van der Waals surface area (Å²) in [5, 5.41) is 0. The highest BCUT2D eigenvalue weighted by atomic mass is 19.2. The minimum atomic E-state index is -1.34. The number of benzene rings is 2. The Hall–Kier alpha value is -3.23. The third-order valence-electron chi connectivity index (χ3n) is 6.37. The van der Waals surface area contributed by atoms with E-state index in [4.69, 9.17) is 9.47 Å². The van der Waals surface area contributed by atoms with Crippen LogP contribution in [0.3, 0.4) is 0 Å². The molecule has 1 aromatic heterocycles. The molecule has 0 atom stereocenters. The van der Waals surface area contributed by atoms with Crippen LogP contribution < -0.4 is 9.47 Å². The maximum Gasteiger partial charge on any atom is 0.240 e. The van der Waals surface area contributed by atoms with Crippen molar-refractivity contribution < 1.29 is 31.4 Å². The topological polar surface area (TPSA) is 44.2 Å². The molecule has 2 aromatic carbocycles. The van der Waals surface area contributed by atoms with Crippen molar-refractivity contribution in [1.29, 1.82) is 0 Å². The van der Waals surface area contributed by atoms with Crippen LogP contribution in [-0.2, 0) is 0 Å². The maximum atomic E-state index is 14.8. The molecule has 0 spiro atoms. The number of nitrogens with zero attached hydrogens (tertiary/aromatic N) is 2. The second-order valence-corrected chi connectivity index (χ2v) is 9.40. The Morgan fingerprint density at radius 2 is 1.08 bits per heavy atom. The summed E-state index contributed by atoms with van der Waals surface area (Å²) in [5.41, 5.74) is -1.67. The molecule has 0 aliphatic rings. The fourth-order valence-corrected chi connectivity index (χ4v) is 4.12. The van der Waals surface area contributed by atoms with Gasteiger partial charge < -0.3 is 9.47 Å². The first-order valence-corrected chi connectivity index (χ1v) is 13.6. The molecule has 0 unspecified atom stereocenters. The number of halogens is 5. The largest absolute Gasteiger partial charge is 0.490 e. The van der Waals surface area contributed by atoms with E-state index >= 15 is 0 Å². The van der Waals surface area contributed by atoms with Gasteiger partial charge in [-0.1, -0.05) is 65.2 Å². The van der Waals surface area contributed by atoms with Crippen LogP contribution in [0.2, 0.25) is 0 Å². The summed E-state index contributed by atoms with van der Waals surface area (Å²) >= 11 is 0. The second kappa shape index (κ2) is 15.4. The molecule has 0 fully saturated rings. The normalized spacial score (nSPS) is 11.2. The number of rotatable bonds is 16. The van der Waals surface area contributed by atoms with Gasteiger partial charge in [0.15, 0.2) is 23.1 Å². The first-order valence-electron chi connectivity index (χ1n) is 13.6. The van der Waals surface area contributed by atoms with Crippen LogP contribution in [0.15, 0.2) is 30.5 Å². The Kier molecular flexibility index (Phi) is 12.0. The average Bonchev–Trinajstić information content (AvgIpc) is 2.93. The standard InChI is InChI=1S/C30H35F5N2O2/c1-3-5-7-9-10-12-18-39-23-15-13-20(25(31)27(23)33)22-19-36-29(30(35)37-22)21-14-16-24(28(34)26(21)32)38-17-11-8-6-4-2/h13-16,19H,3-12,17-18H2,1-2H3. The van der Waals surface area contributed by atoms with E-state index in [-0.39, 0.29) is 36.0 Å². The zero-order valence-electron chi connectivity index (χ0n) is 22.5. The van der Waals surface area contributed by atoms with Crippen molar-refractivity contribution in [3.63, 3.8) is 0 Å². The maximum absolute atomic E-state index is 14.8. The van der Waals surface area contributed by atoms with Crippen molar-refractivity contribution in [3.05, 3.63) is 59.7 Å². The quantitative estimate of drug-likeness (QED) is 0.132. The van der Waals surface area contributed by atoms with Gasteiger partial charge in [-0.2, -0.15) is 13.2 Å². The zero-order chi connectivity index (χ0) is 28.2. The summed E-state index contributed by atoms with van der Waals surface area (Å²) in [4.78, 5) is 7.47. The summed E-state index contributed by atoms with van der Waals surface area (Å²) in [6.07, 6.45) is 10.8.